The van der Waals surface area contributed by atoms with Crippen LogP contribution in [-0.4, -0.2) is 39.8 Å². The lowest BCUT2D eigenvalue weighted by molar-refractivity contribution is 0.0951. The number of anilines is 1. The van der Waals surface area contributed by atoms with Gasteiger partial charge in [-0.1, -0.05) is 23.8 Å². The first-order valence-electron chi connectivity index (χ1n) is 8.41. The number of hydrogen-bond donors (Lipinski definition) is 1. The second kappa shape index (κ2) is 8.97. The molecule has 5 nitrogen and oxygen atoms in total. The van der Waals surface area contributed by atoms with E-state index in [4.69, 9.17) is 9.47 Å². The van der Waals surface area contributed by atoms with Crippen LogP contribution in [0.2, 0.25) is 0 Å². The van der Waals surface area contributed by atoms with Crippen molar-refractivity contribution < 1.29 is 14.3 Å². The van der Waals surface area contributed by atoms with Crippen LogP contribution in [0.15, 0.2) is 42.5 Å². The number of carbonyl (C=O) groups is 1. The van der Waals surface area contributed by atoms with Gasteiger partial charge in [0.15, 0.2) is 11.5 Å². The molecule has 134 valence electrons. The number of para-hydroxylation sites is 1. The number of likely N-dealkylation sites (N-methyl/N-ethyl adjacent to an activating group) is 1. The minimum Gasteiger partial charge on any atom is -0.493 e. The molecule has 0 radical (unpaired) electrons. The molecule has 0 saturated heterocycles. The van der Waals surface area contributed by atoms with E-state index in [9.17, 15) is 4.79 Å². The number of benzene rings is 2. The molecular weight excluding hydrogens is 316 g/mol. The summed E-state index contributed by atoms with van der Waals surface area (Å²) in [5.41, 5.74) is 2.86. The Morgan fingerprint density at radius 2 is 1.80 bits per heavy atom. The van der Waals surface area contributed by atoms with Crippen molar-refractivity contribution in [3.63, 3.8) is 0 Å². The lowest BCUT2D eigenvalue weighted by Gasteiger charge is -2.23. The first-order valence-corrected chi connectivity index (χ1v) is 8.41. The zero-order valence-electron chi connectivity index (χ0n) is 15.3. The molecule has 1 amide bonds. The highest BCUT2D eigenvalue weighted by Crippen LogP contribution is 2.30. The summed E-state index contributed by atoms with van der Waals surface area (Å²) in [6, 6.07) is 13.7. The van der Waals surface area contributed by atoms with E-state index >= 15 is 0 Å². The summed E-state index contributed by atoms with van der Waals surface area (Å²) < 4.78 is 10.6. The van der Waals surface area contributed by atoms with Crippen LogP contribution in [0.25, 0.3) is 0 Å². The van der Waals surface area contributed by atoms with Crippen LogP contribution < -0.4 is 19.7 Å². The smallest absolute Gasteiger partial charge is 0.255 e. The molecule has 0 unspecified atom stereocenters. The quantitative estimate of drug-likeness (QED) is 0.800. The van der Waals surface area contributed by atoms with Crippen LogP contribution >= 0.6 is 0 Å². The Bertz CT molecular complexity index is 699. The minimum atomic E-state index is -0.171. The number of ether oxygens (including phenoxy) is 2. The van der Waals surface area contributed by atoms with Gasteiger partial charge in [0.1, 0.15) is 0 Å². The van der Waals surface area contributed by atoms with Crippen LogP contribution in [0.5, 0.6) is 11.5 Å². The van der Waals surface area contributed by atoms with Gasteiger partial charge in [-0.05, 0) is 38.1 Å². The zero-order chi connectivity index (χ0) is 18.2. The van der Waals surface area contributed by atoms with Gasteiger partial charge in [0.25, 0.3) is 5.91 Å². The minimum absolute atomic E-state index is 0.171. The highest BCUT2D eigenvalue weighted by molar-refractivity contribution is 5.97. The van der Waals surface area contributed by atoms with Crippen molar-refractivity contribution in [1.82, 2.24) is 5.32 Å². The molecule has 0 aliphatic heterocycles. The van der Waals surface area contributed by atoms with Crippen molar-refractivity contribution in [3.8, 4) is 11.5 Å². The van der Waals surface area contributed by atoms with E-state index in [0.29, 0.717) is 23.6 Å². The molecule has 0 atom stereocenters. The number of nitrogens with one attached hydrogen (secondary N) is 1. The molecule has 0 aliphatic rings. The van der Waals surface area contributed by atoms with Gasteiger partial charge in [-0.2, -0.15) is 0 Å². The molecule has 0 bridgehead atoms. The highest BCUT2D eigenvalue weighted by atomic mass is 16.5. The Morgan fingerprint density at radius 3 is 2.40 bits per heavy atom. The van der Waals surface area contributed by atoms with Crippen LogP contribution in [0.3, 0.4) is 0 Å². The Balaban J connectivity index is 1.99. The molecule has 0 aromatic heterocycles. The van der Waals surface area contributed by atoms with Gasteiger partial charge in [0.2, 0.25) is 0 Å². The maximum atomic E-state index is 12.5. The van der Waals surface area contributed by atoms with E-state index in [0.717, 1.165) is 18.8 Å². The number of hydrogen-bond acceptors (Lipinski definition) is 4. The summed E-state index contributed by atoms with van der Waals surface area (Å²) in [7, 11) is 3.09. The Kier molecular flexibility index (Phi) is 6.69. The normalized spacial score (nSPS) is 10.2. The molecule has 2 aromatic rings. The average Bonchev–Trinajstić information content (AvgIpc) is 2.65. The van der Waals surface area contributed by atoms with Gasteiger partial charge in [-0.15, -0.1) is 0 Å². The number of methoxy groups -OCH3 is 2. The van der Waals surface area contributed by atoms with Crippen molar-refractivity contribution in [2.45, 2.75) is 13.8 Å². The van der Waals surface area contributed by atoms with Crippen molar-refractivity contribution in [2.24, 2.45) is 0 Å². The predicted octanol–water partition coefficient (Wildman–Crippen LogP) is 3.27. The van der Waals surface area contributed by atoms with Gasteiger partial charge >= 0.3 is 0 Å². The SMILES string of the molecule is CCN(CCNC(=O)c1cccc(OC)c1OC)c1ccc(C)cc1. The van der Waals surface area contributed by atoms with Crippen molar-refractivity contribution in [3.05, 3.63) is 53.6 Å². The van der Waals surface area contributed by atoms with E-state index in [1.807, 2.05) is 0 Å². The Morgan fingerprint density at radius 1 is 1.08 bits per heavy atom. The fourth-order valence-electron chi connectivity index (χ4n) is 2.69. The Hall–Kier alpha value is -2.69. The van der Waals surface area contributed by atoms with Crippen molar-refractivity contribution in [1.29, 1.82) is 0 Å². The highest BCUT2D eigenvalue weighted by Gasteiger charge is 2.16. The average molecular weight is 342 g/mol. The number of aryl methyl sites for hydroxylation is 1. The van der Waals surface area contributed by atoms with Crippen LogP contribution in [0, 0.1) is 6.92 Å². The van der Waals surface area contributed by atoms with Gasteiger partial charge in [0, 0.05) is 25.3 Å². The zero-order valence-corrected chi connectivity index (χ0v) is 15.3. The van der Waals surface area contributed by atoms with E-state index in [1.54, 1.807) is 25.3 Å². The van der Waals surface area contributed by atoms with Crippen LogP contribution in [0.1, 0.15) is 22.8 Å². The first-order chi connectivity index (χ1) is 12.1. The molecule has 0 heterocycles. The standard InChI is InChI=1S/C20H26N2O3/c1-5-22(16-11-9-15(2)10-12-16)14-13-21-20(23)17-7-6-8-18(24-3)19(17)25-4/h6-12H,5,13-14H2,1-4H3,(H,21,23). The second-order valence-electron chi connectivity index (χ2n) is 5.71. The maximum Gasteiger partial charge on any atom is 0.255 e. The molecule has 5 heteroatoms. The molecular formula is C20H26N2O3. The molecule has 1 N–H and O–H groups in total. The number of amides is 1. The molecule has 2 aromatic carbocycles. The largest absolute Gasteiger partial charge is 0.493 e. The third kappa shape index (κ3) is 4.66. The first kappa shape index (κ1) is 18.6. The molecule has 2 rings (SSSR count). The molecule has 0 aliphatic carbocycles. The Labute approximate surface area is 149 Å². The van der Waals surface area contributed by atoms with Gasteiger partial charge in [-0.25, -0.2) is 0 Å². The van der Waals surface area contributed by atoms with E-state index in [1.165, 1.54) is 12.7 Å². The van der Waals surface area contributed by atoms with Gasteiger partial charge < -0.3 is 19.7 Å². The van der Waals surface area contributed by atoms with Crippen LogP contribution in [-0.2, 0) is 0 Å². The summed E-state index contributed by atoms with van der Waals surface area (Å²) in [5, 5.41) is 2.95. The lowest BCUT2D eigenvalue weighted by Crippen LogP contribution is -2.35. The molecule has 0 spiro atoms. The molecule has 0 saturated carbocycles. The van der Waals surface area contributed by atoms with Crippen molar-refractivity contribution >= 4 is 11.6 Å². The molecule has 25 heavy (non-hydrogen) atoms. The fourth-order valence-corrected chi connectivity index (χ4v) is 2.69. The maximum absolute atomic E-state index is 12.5. The lowest BCUT2D eigenvalue weighted by atomic mass is 10.1. The number of carbonyl (C=O) groups excluding carboxylic acids is 1. The monoisotopic (exact) mass is 342 g/mol. The molecule has 0 fully saturated rings. The van der Waals surface area contributed by atoms with E-state index < -0.39 is 0 Å². The summed E-state index contributed by atoms with van der Waals surface area (Å²) in [6.07, 6.45) is 0. The predicted molar refractivity (Wildman–Crippen MR) is 101 cm³/mol. The van der Waals surface area contributed by atoms with E-state index in [2.05, 4.69) is 48.3 Å². The van der Waals surface area contributed by atoms with E-state index in [-0.39, 0.29) is 5.91 Å². The number of rotatable bonds is 8. The van der Waals surface area contributed by atoms with Crippen LogP contribution in [0.4, 0.5) is 5.69 Å². The summed E-state index contributed by atoms with van der Waals surface area (Å²) in [6.45, 7) is 6.33. The fraction of sp³-hybridized carbons (Fsp3) is 0.350. The van der Waals surface area contributed by atoms with Crippen molar-refractivity contribution in [2.75, 3.05) is 38.8 Å². The number of nitrogens with zero attached hydrogens (tertiary/aromatic N) is 1. The summed E-state index contributed by atoms with van der Waals surface area (Å²) >= 11 is 0. The van der Waals surface area contributed by atoms with Gasteiger partial charge in [-0.3, -0.25) is 4.79 Å². The second-order valence-corrected chi connectivity index (χ2v) is 5.71. The third-order valence-corrected chi connectivity index (χ3v) is 4.10. The summed E-state index contributed by atoms with van der Waals surface area (Å²) in [5.74, 6) is 0.828. The topological polar surface area (TPSA) is 50.8 Å². The third-order valence-electron chi connectivity index (χ3n) is 4.10. The summed E-state index contributed by atoms with van der Waals surface area (Å²) in [4.78, 5) is 14.7. The van der Waals surface area contributed by atoms with Gasteiger partial charge in [0.05, 0.1) is 19.8 Å².